The molecule has 0 saturated heterocycles. The van der Waals surface area contributed by atoms with E-state index in [-0.39, 0.29) is 0 Å². The highest BCUT2D eigenvalue weighted by Crippen LogP contribution is 2.53. The third kappa shape index (κ3) is 4.61. The summed E-state index contributed by atoms with van der Waals surface area (Å²) in [5.74, 6) is 0. The van der Waals surface area contributed by atoms with Crippen LogP contribution in [0.3, 0.4) is 0 Å². The quantitative estimate of drug-likeness (QED) is 0.167. The average molecular weight is 654 g/mol. The van der Waals surface area contributed by atoms with Crippen molar-refractivity contribution in [1.82, 2.24) is 0 Å². The van der Waals surface area contributed by atoms with Crippen molar-refractivity contribution in [3.63, 3.8) is 0 Å². The van der Waals surface area contributed by atoms with Crippen molar-refractivity contribution in [1.29, 1.82) is 0 Å². The Balaban J connectivity index is 1.36. The van der Waals surface area contributed by atoms with Crippen LogP contribution in [0.25, 0.3) is 74.7 Å². The van der Waals surface area contributed by atoms with Crippen LogP contribution in [-0.2, 0) is 0 Å². The maximum atomic E-state index is 2.50. The molecule has 0 bridgehead atoms. The van der Waals surface area contributed by atoms with Crippen molar-refractivity contribution in [3.05, 3.63) is 188 Å². The first kappa shape index (κ1) is 28.8. The molecule has 1 nitrogen and oxygen atoms in total. The predicted molar refractivity (Wildman–Crippen MR) is 217 cm³/mol. The molecule has 0 N–H and O–H groups in total. The maximum Gasteiger partial charge on any atom is 0.0633 e. The number of anilines is 3. The van der Waals surface area contributed by atoms with Gasteiger partial charge in [0.2, 0.25) is 0 Å². The second-order valence-corrected chi connectivity index (χ2v) is 13.9. The maximum absolute atomic E-state index is 2.50. The summed E-state index contributed by atoms with van der Waals surface area (Å²) < 4.78 is 2.61. The Labute approximate surface area is 294 Å². The zero-order chi connectivity index (χ0) is 33.0. The van der Waals surface area contributed by atoms with Gasteiger partial charge in [-0.15, -0.1) is 11.3 Å². The SMILES string of the molecule is c1ccc(-c2ccc(N(c3ccc4ccccc4c3)c3c(-c4ccccc4)ccc4sc5c6ccccc6c6ccccc6c5c34)cc2)cc1. The molecule has 1 aromatic heterocycles. The summed E-state index contributed by atoms with van der Waals surface area (Å²) in [6.07, 6.45) is 0. The number of hydrogen-bond donors (Lipinski definition) is 0. The van der Waals surface area contributed by atoms with Crippen molar-refractivity contribution in [2.24, 2.45) is 0 Å². The van der Waals surface area contributed by atoms with Gasteiger partial charge in [-0.3, -0.25) is 0 Å². The zero-order valence-corrected chi connectivity index (χ0v) is 28.1. The lowest BCUT2D eigenvalue weighted by Gasteiger charge is -2.29. The fourth-order valence-corrected chi connectivity index (χ4v) is 8.97. The van der Waals surface area contributed by atoms with E-state index in [0.29, 0.717) is 0 Å². The fourth-order valence-electron chi connectivity index (χ4n) is 7.71. The number of benzene rings is 9. The summed E-state index contributed by atoms with van der Waals surface area (Å²) in [7, 11) is 0. The van der Waals surface area contributed by atoms with E-state index >= 15 is 0 Å². The van der Waals surface area contributed by atoms with E-state index < -0.39 is 0 Å². The van der Waals surface area contributed by atoms with Crippen molar-refractivity contribution < 1.29 is 0 Å². The molecule has 0 atom stereocenters. The van der Waals surface area contributed by atoms with E-state index in [2.05, 4.69) is 193 Å². The second kappa shape index (κ2) is 11.7. The van der Waals surface area contributed by atoms with Gasteiger partial charge in [-0.05, 0) is 74.0 Å². The minimum Gasteiger partial charge on any atom is -0.309 e. The van der Waals surface area contributed by atoms with Crippen molar-refractivity contribution in [3.8, 4) is 22.3 Å². The summed E-state index contributed by atoms with van der Waals surface area (Å²) in [6.45, 7) is 0. The first-order chi connectivity index (χ1) is 24.8. The minimum absolute atomic E-state index is 1.12. The predicted octanol–water partition coefficient (Wildman–Crippen LogP) is 14.3. The first-order valence-electron chi connectivity index (χ1n) is 17.1. The lowest BCUT2D eigenvalue weighted by molar-refractivity contribution is 1.31. The van der Waals surface area contributed by atoms with E-state index in [1.807, 2.05) is 11.3 Å². The molecule has 2 heteroatoms. The molecule has 0 spiro atoms. The van der Waals surface area contributed by atoms with Crippen molar-refractivity contribution in [2.75, 3.05) is 4.90 Å². The van der Waals surface area contributed by atoms with Crippen LogP contribution in [0.5, 0.6) is 0 Å². The number of hydrogen-bond acceptors (Lipinski definition) is 2. The molecule has 234 valence electrons. The normalized spacial score (nSPS) is 11.6. The van der Waals surface area contributed by atoms with Crippen LogP contribution in [0.2, 0.25) is 0 Å². The lowest BCUT2D eigenvalue weighted by atomic mass is 9.93. The molecule has 0 amide bonds. The van der Waals surface area contributed by atoms with Gasteiger partial charge in [-0.1, -0.05) is 158 Å². The number of fused-ring (bicyclic) bond motifs is 9. The third-order valence-corrected chi connectivity index (χ3v) is 11.2. The molecule has 0 saturated carbocycles. The molecule has 0 aliphatic heterocycles. The van der Waals surface area contributed by atoms with E-state index in [4.69, 9.17) is 0 Å². The van der Waals surface area contributed by atoms with Crippen LogP contribution in [0.1, 0.15) is 0 Å². The topological polar surface area (TPSA) is 3.24 Å². The van der Waals surface area contributed by atoms with Gasteiger partial charge in [0.1, 0.15) is 0 Å². The highest BCUT2D eigenvalue weighted by molar-refractivity contribution is 7.27. The molecule has 0 aliphatic carbocycles. The highest BCUT2D eigenvalue weighted by Gasteiger charge is 2.25. The molecule has 0 unspecified atom stereocenters. The van der Waals surface area contributed by atoms with Crippen molar-refractivity contribution in [2.45, 2.75) is 0 Å². The zero-order valence-electron chi connectivity index (χ0n) is 27.3. The molecule has 0 radical (unpaired) electrons. The van der Waals surface area contributed by atoms with Crippen molar-refractivity contribution >= 4 is 80.9 Å². The molecular formula is C48H31NS. The molecular weight excluding hydrogens is 623 g/mol. The average Bonchev–Trinajstić information content (AvgIpc) is 3.60. The van der Waals surface area contributed by atoms with Gasteiger partial charge in [-0.2, -0.15) is 0 Å². The Morgan fingerprint density at radius 1 is 0.360 bits per heavy atom. The number of nitrogens with zero attached hydrogens (tertiary/aromatic N) is 1. The summed E-state index contributed by atoms with van der Waals surface area (Å²) in [5, 5.41) is 10.2. The Morgan fingerprint density at radius 3 is 1.66 bits per heavy atom. The lowest BCUT2D eigenvalue weighted by Crippen LogP contribution is -2.12. The van der Waals surface area contributed by atoms with Crippen LogP contribution in [0.15, 0.2) is 188 Å². The molecule has 10 rings (SSSR count). The number of thiophene rings is 1. The molecule has 50 heavy (non-hydrogen) atoms. The van der Waals surface area contributed by atoms with Crippen LogP contribution in [0, 0.1) is 0 Å². The Kier molecular flexibility index (Phi) is 6.75. The summed E-state index contributed by atoms with van der Waals surface area (Å²) in [6, 6.07) is 68.6. The molecule has 0 fully saturated rings. The second-order valence-electron chi connectivity index (χ2n) is 12.9. The largest absolute Gasteiger partial charge is 0.309 e. The van der Waals surface area contributed by atoms with Crippen LogP contribution >= 0.6 is 11.3 Å². The molecule has 0 aliphatic rings. The standard InChI is InChI=1S/C48H31NS/c1-3-13-32(14-4-1)34-23-26-37(27-24-34)49(38-28-25-33-15-7-8-18-36(33)31-38)47-39(35-16-5-2-6-17-35)29-30-44-46(47)45-42-21-11-9-19-40(42)41-20-10-12-22-43(41)48(45)50-44/h1-31H. The third-order valence-electron chi connectivity index (χ3n) is 10.0. The molecule has 1 heterocycles. The van der Waals surface area contributed by atoms with E-state index in [9.17, 15) is 0 Å². The fraction of sp³-hybridized carbons (Fsp3) is 0. The van der Waals surface area contributed by atoms with Gasteiger partial charge >= 0.3 is 0 Å². The number of rotatable bonds is 5. The van der Waals surface area contributed by atoms with E-state index in [1.54, 1.807) is 0 Å². The summed E-state index contributed by atoms with van der Waals surface area (Å²) in [4.78, 5) is 2.50. The smallest absolute Gasteiger partial charge is 0.0633 e. The van der Waals surface area contributed by atoms with E-state index in [0.717, 1.165) is 11.4 Å². The van der Waals surface area contributed by atoms with Gasteiger partial charge in [0, 0.05) is 42.5 Å². The Hall–Kier alpha value is -6.22. The molecule has 9 aromatic carbocycles. The van der Waals surface area contributed by atoms with E-state index in [1.165, 1.54) is 80.4 Å². The van der Waals surface area contributed by atoms with Gasteiger partial charge in [0.05, 0.1) is 5.69 Å². The first-order valence-corrected chi connectivity index (χ1v) is 17.9. The highest BCUT2D eigenvalue weighted by atomic mass is 32.1. The van der Waals surface area contributed by atoms with Crippen LogP contribution in [0.4, 0.5) is 17.1 Å². The van der Waals surface area contributed by atoms with Gasteiger partial charge in [-0.25, -0.2) is 0 Å². The van der Waals surface area contributed by atoms with Gasteiger partial charge < -0.3 is 4.90 Å². The Bertz CT molecular complexity index is 2850. The monoisotopic (exact) mass is 653 g/mol. The minimum atomic E-state index is 1.12. The van der Waals surface area contributed by atoms with Crippen LogP contribution < -0.4 is 4.90 Å². The summed E-state index contributed by atoms with van der Waals surface area (Å²) in [5.41, 5.74) is 8.26. The van der Waals surface area contributed by atoms with Gasteiger partial charge in [0.15, 0.2) is 0 Å². The Morgan fingerprint density at radius 2 is 0.920 bits per heavy atom. The van der Waals surface area contributed by atoms with Crippen LogP contribution in [-0.4, -0.2) is 0 Å². The summed E-state index contributed by atoms with van der Waals surface area (Å²) >= 11 is 1.91. The van der Waals surface area contributed by atoms with Gasteiger partial charge in [0.25, 0.3) is 0 Å². The molecule has 10 aromatic rings.